The normalized spacial score (nSPS) is 18.4. The van der Waals surface area contributed by atoms with Gasteiger partial charge in [-0.25, -0.2) is 0 Å². The quantitative estimate of drug-likeness (QED) is 0.907. The highest BCUT2D eigenvalue weighted by Crippen LogP contribution is 2.32. The number of rotatable bonds is 4. The highest BCUT2D eigenvalue weighted by atomic mass is 16.5. The second kappa shape index (κ2) is 5.68. The fourth-order valence-electron chi connectivity index (χ4n) is 2.55. The van der Waals surface area contributed by atoms with Gasteiger partial charge in [0.1, 0.15) is 5.82 Å². The molecule has 106 valence electrons. The zero-order valence-corrected chi connectivity index (χ0v) is 12.3. The zero-order valence-electron chi connectivity index (χ0n) is 12.3. The second-order valence-corrected chi connectivity index (χ2v) is 6.10. The summed E-state index contributed by atoms with van der Waals surface area (Å²) in [6.07, 6.45) is 3.45. The summed E-state index contributed by atoms with van der Waals surface area (Å²) in [5.41, 5.74) is 6.88. The summed E-state index contributed by atoms with van der Waals surface area (Å²) in [6, 6.07) is 3.89. The molecule has 0 bridgehead atoms. The maximum atomic E-state index is 5.91. The van der Waals surface area contributed by atoms with Crippen molar-refractivity contribution in [3.05, 3.63) is 12.1 Å². The van der Waals surface area contributed by atoms with Crippen molar-refractivity contribution in [2.24, 2.45) is 5.41 Å². The third-order valence-electron chi connectivity index (χ3n) is 3.54. The molecule has 1 aromatic heterocycles. The first kappa shape index (κ1) is 14.0. The van der Waals surface area contributed by atoms with Gasteiger partial charge in [0.05, 0.1) is 12.3 Å². The van der Waals surface area contributed by atoms with Gasteiger partial charge in [0, 0.05) is 13.1 Å². The van der Waals surface area contributed by atoms with Crippen molar-refractivity contribution < 1.29 is 4.74 Å². The first-order chi connectivity index (χ1) is 9.02. The molecule has 4 heteroatoms. The molecule has 0 atom stereocenters. The van der Waals surface area contributed by atoms with Gasteiger partial charge in [-0.3, -0.25) is 0 Å². The predicted molar refractivity (Wildman–Crippen MR) is 79.7 cm³/mol. The number of anilines is 2. The minimum absolute atomic E-state index is 0.353. The molecular formula is C15H25N3O. The van der Waals surface area contributed by atoms with Crippen LogP contribution in [-0.2, 0) is 0 Å². The largest absolute Gasteiger partial charge is 0.476 e. The summed E-state index contributed by atoms with van der Waals surface area (Å²) in [5.74, 6) is 1.55. The molecule has 2 rings (SSSR count). The van der Waals surface area contributed by atoms with Crippen molar-refractivity contribution in [1.82, 2.24) is 4.98 Å². The van der Waals surface area contributed by atoms with Gasteiger partial charge in [-0.05, 0) is 36.8 Å². The number of piperidine rings is 1. The second-order valence-electron chi connectivity index (χ2n) is 6.10. The van der Waals surface area contributed by atoms with Gasteiger partial charge in [0.25, 0.3) is 0 Å². The van der Waals surface area contributed by atoms with Crippen LogP contribution in [0.25, 0.3) is 0 Å². The molecule has 0 saturated carbocycles. The standard InChI is InChI=1S/C15H25N3O/c1-4-10-19-14-12(16)6-7-13(17-14)18-9-5-8-15(2,3)11-18/h6-7H,4-5,8-11,16H2,1-3H3. The number of nitrogens with zero attached hydrogens (tertiary/aromatic N) is 2. The molecule has 0 spiro atoms. The Morgan fingerprint density at radius 1 is 1.42 bits per heavy atom. The van der Waals surface area contributed by atoms with E-state index in [0.29, 0.717) is 23.6 Å². The Balaban J connectivity index is 2.15. The predicted octanol–water partition coefficient (Wildman–Crippen LogP) is 3.08. The van der Waals surface area contributed by atoms with E-state index in [2.05, 4.69) is 30.7 Å². The number of ether oxygens (including phenoxy) is 1. The Hall–Kier alpha value is -1.45. The topological polar surface area (TPSA) is 51.4 Å². The Morgan fingerprint density at radius 2 is 2.21 bits per heavy atom. The SMILES string of the molecule is CCCOc1nc(N2CCCC(C)(C)C2)ccc1N. The van der Waals surface area contributed by atoms with Crippen molar-refractivity contribution >= 4 is 11.5 Å². The maximum Gasteiger partial charge on any atom is 0.239 e. The van der Waals surface area contributed by atoms with Gasteiger partial charge in [-0.1, -0.05) is 20.8 Å². The molecule has 4 nitrogen and oxygen atoms in total. The Kier molecular flexibility index (Phi) is 4.17. The molecule has 2 N–H and O–H groups in total. The van der Waals surface area contributed by atoms with Gasteiger partial charge in [0.2, 0.25) is 5.88 Å². The minimum atomic E-state index is 0.353. The summed E-state index contributed by atoms with van der Waals surface area (Å²) in [4.78, 5) is 6.91. The minimum Gasteiger partial charge on any atom is -0.476 e. The lowest BCUT2D eigenvalue weighted by atomic mass is 9.84. The number of pyridine rings is 1. The molecular weight excluding hydrogens is 238 g/mol. The van der Waals surface area contributed by atoms with Crippen LogP contribution in [0.4, 0.5) is 11.5 Å². The number of hydrogen-bond acceptors (Lipinski definition) is 4. The van der Waals surface area contributed by atoms with Crippen molar-refractivity contribution in [3.8, 4) is 5.88 Å². The van der Waals surface area contributed by atoms with E-state index in [1.54, 1.807) is 0 Å². The van der Waals surface area contributed by atoms with Crippen molar-refractivity contribution in [2.45, 2.75) is 40.0 Å². The average molecular weight is 263 g/mol. The fourth-order valence-corrected chi connectivity index (χ4v) is 2.55. The molecule has 0 radical (unpaired) electrons. The highest BCUT2D eigenvalue weighted by molar-refractivity contribution is 5.54. The highest BCUT2D eigenvalue weighted by Gasteiger charge is 2.27. The summed E-state index contributed by atoms with van der Waals surface area (Å²) in [7, 11) is 0. The molecule has 0 unspecified atom stereocenters. The van der Waals surface area contributed by atoms with Gasteiger partial charge < -0.3 is 15.4 Å². The van der Waals surface area contributed by atoms with Gasteiger partial charge in [-0.2, -0.15) is 4.98 Å². The van der Waals surface area contributed by atoms with Gasteiger partial charge in [-0.15, -0.1) is 0 Å². The fraction of sp³-hybridized carbons (Fsp3) is 0.667. The van der Waals surface area contributed by atoms with E-state index in [1.165, 1.54) is 12.8 Å². The van der Waals surface area contributed by atoms with Crippen molar-refractivity contribution in [1.29, 1.82) is 0 Å². The Labute approximate surface area is 116 Å². The Morgan fingerprint density at radius 3 is 2.89 bits per heavy atom. The summed E-state index contributed by atoms with van der Waals surface area (Å²) in [6.45, 7) is 9.46. The molecule has 1 aliphatic heterocycles. The monoisotopic (exact) mass is 263 g/mol. The van der Waals surface area contributed by atoms with Crippen LogP contribution in [0.15, 0.2) is 12.1 Å². The van der Waals surface area contributed by atoms with Crippen LogP contribution in [0.3, 0.4) is 0 Å². The Bertz CT molecular complexity index is 431. The van der Waals surface area contributed by atoms with E-state index in [0.717, 1.165) is 25.3 Å². The first-order valence-corrected chi connectivity index (χ1v) is 7.16. The van der Waals surface area contributed by atoms with E-state index in [4.69, 9.17) is 10.5 Å². The number of nitrogens with two attached hydrogens (primary N) is 1. The molecule has 1 fully saturated rings. The lowest BCUT2D eigenvalue weighted by molar-refractivity contribution is 0.288. The van der Waals surface area contributed by atoms with Crippen molar-refractivity contribution in [3.63, 3.8) is 0 Å². The summed E-state index contributed by atoms with van der Waals surface area (Å²) in [5, 5.41) is 0. The van der Waals surface area contributed by atoms with Crippen LogP contribution in [0.1, 0.15) is 40.0 Å². The number of hydrogen-bond donors (Lipinski definition) is 1. The molecule has 1 aliphatic rings. The van der Waals surface area contributed by atoms with Crippen LogP contribution in [0.5, 0.6) is 5.88 Å². The van der Waals surface area contributed by atoms with E-state index < -0.39 is 0 Å². The van der Waals surface area contributed by atoms with Gasteiger partial charge >= 0.3 is 0 Å². The van der Waals surface area contributed by atoms with E-state index >= 15 is 0 Å². The maximum absolute atomic E-state index is 5.91. The molecule has 19 heavy (non-hydrogen) atoms. The van der Waals surface area contributed by atoms with E-state index in [-0.39, 0.29) is 0 Å². The molecule has 0 aromatic carbocycles. The molecule has 0 amide bonds. The molecule has 1 saturated heterocycles. The lowest BCUT2D eigenvalue weighted by Crippen LogP contribution is -2.40. The van der Waals surface area contributed by atoms with Crippen LogP contribution >= 0.6 is 0 Å². The first-order valence-electron chi connectivity index (χ1n) is 7.16. The zero-order chi connectivity index (χ0) is 13.9. The van der Waals surface area contributed by atoms with E-state index in [9.17, 15) is 0 Å². The van der Waals surface area contributed by atoms with Crippen molar-refractivity contribution in [2.75, 3.05) is 30.3 Å². The third-order valence-corrected chi connectivity index (χ3v) is 3.54. The molecule has 2 heterocycles. The molecule has 0 aliphatic carbocycles. The van der Waals surface area contributed by atoms with Crippen LogP contribution in [-0.4, -0.2) is 24.7 Å². The van der Waals surface area contributed by atoms with Crippen LogP contribution in [0.2, 0.25) is 0 Å². The smallest absolute Gasteiger partial charge is 0.239 e. The van der Waals surface area contributed by atoms with Gasteiger partial charge in [0.15, 0.2) is 0 Å². The summed E-state index contributed by atoms with van der Waals surface area (Å²) < 4.78 is 5.61. The van der Waals surface area contributed by atoms with Crippen LogP contribution < -0.4 is 15.4 Å². The van der Waals surface area contributed by atoms with Crippen LogP contribution in [0, 0.1) is 5.41 Å². The lowest BCUT2D eigenvalue weighted by Gasteiger charge is -2.38. The molecule has 1 aromatic rings. The average Bonchev–Trinajstić information content (AvgIpc) is 2.36. The third kappa shape index (κ3) is 3.52. The summed E-state index contributed by atoms with van der Waals surface area (Å²) >= 11 is 0. The van der Waals surface area contributed by atoms with E-state index in [1.807, 2.05) is 12.1 Å². The number of nitrogen functional groups attached to an aromatic ring is 1. The number of aromatic nitrogens is 1.